The molecule has 6 nitrogen and oxygen atoms in total. The lowest BCUT2D eigenvalue weighted by atomic mass is 9.84. The van der Waals surface area contributed by atoms with Crippen molar-refractivity contribution in [3.8, 4) is 5.75 Å². The van der Waals surface area contributed by atoms with Gasteiger partial charge in [0, 0.05) is 29.6 Å². The first-order valence-corrected chi connectivity index (χ1v) is 11.6. The second-order valence-electron chi connectivity index (χ2n) is 8.99. The number of hydrogen-bond donors (Lipinski definition) is 1. The summed E-state index contributed by atoms with van der Waals surface area (Å²) in [4.78, 5) is 27.4. The molecule has 1 aliphatic heterocycles. The Morgan fingerprint density at radius 3 is 2.53 bits per heavy atom. The first-order valence-electron chi connectivity index (χ1n) is 11.3. The largest absolute Gasteiger partial charge is 0.489 e. The number of ether oxygens (including phenoxy) is 1. The third-order valence-electron chi connectivity index (χ3n) is 6.40. The highest BCUT2D eigenvalue weighted by Gasteiger charge is 2.35. The van der Waals surface area contributed by atoms with Crippen LogP contribution in [0, 0.1) is 6.92 Å². The fourth-order valence-electron chi connectivity index (χ4n) is 4.31. The molecule has 34 heavy (non-hydrogen) atoms. The van der Waals surface area contributed by atoms with Crippen LogP contribution in [0.2, 0.25) is 5.02 Å². The van der Waals surface area contributed by atoms with Crippen molar-refractivity contribution in [2.24, 2.45) is 0 Å². The summed E-state index contributed by atoms with van der Waals surface area (Å²) in [6.07, 6.45) is 0.786. The van der Waals surface area contributed by atoms with Gasteiger partial charge in [0.05, 0.1) is 17.6 Å². The summed E-state index contributed by atoms with van der Waals surface area (Å²) in [7, 11) is 0. The molecule has 1 N–H and O–H groups in total. The van der Waals surface area contributed by atoms with Crippen molar-refractivity contribution in [1.82, 2.24) is 4.90 Å². The number of hydrogen-bond acceptors (Lipinski definition) is 5. The highest BCUT2D eigenvalue weighted by atomic mass is 35.5. The number of aliphatic hydroxyl groups is 1. The number of likely N-dealkylation sites (tertiary alicyclic amines) is 1. The zero-order chi connectivity index (χ0) is 24.5. The lowest BCUT2D eigenvalue weighted by molar-refractivity contribution is -0.135. The van der Waals surface area contributed by atoms with Crippen LogP contribution in [-0.2, 0) is 16.8 Å². The first-order chi connectivity index (χ1) is 16.2. The highest BCUT2D eigenvalue weighted by Crippen LogP contribution is 2.33. The molecule has 178 valence electrons. The van der Waals surface area contributed by atoms with Crippen LogP contribution in [0.5, 0.6) is 5.75 Å². The standard InChI is InChI=1S/C27H28ClNO5/c1-17(2)16-33-21-8-9-22-18(3)23(26(31)34-24(22)14-21)15-25(30)29-12-10-27(32,11-13-29)19-4-6-20(28)7-5-19/h4-9,14,32H,1,10-13,15-16H2,2-3H3. The third-order valence-corrected chi connectivity index (χ3v) is 6.65. The van der Waals surface area contributed by atoms with Crippen LogP contribution in [-0.4, -0.2) is 35.6 Å². The maximum Gasteiger partial charge on any atom is 0.340 e. The Morgan fingerprint density at radius 2 is 1.88 bits per heavy atom. The van der Waals surface area contributed by atoms with E-state index in [-0.39, 0.29) is 12.3 Å². The van der Waals surface area contributed by atoms with Crippen LogP contribution in [0.4, 0.5) is 0 Å². The topological polar surface area (TPSA) is 80.0 Å². The van der Waals surface area contributed by atoms with Crippen molar-refractivity contribution in [1.29, 1.82) is 0 Å². The van der Waals surface area contributed by atoms with Crippen molar-refractivity contribution in [2.45, 2.75) is 38.7 Å². The van der Waals surface area contributed by atoms with Gasteiger partial charge in [-0.3, -0.25) is 4.79 Å². The second kappa shape index (κ2) is 9.65. The Bertz CT molecular complexity index is 1290. The van der Waals surface area contributed by atoms with E-state index in [1.54, 1.807) is 23.1 Å². The van der Waals surface area contributed by atoms with E-state index in [4.69, 9.17) is 20.8 Å². The molecule has 2 heterocycles. The molecule has 3 aromatic rings. The van der Waals surface area contributed by atoms with E-state index in [2.05, 4.69) is 6.58 Å². The molecule has 1 amide bonds. The van der Waals surface area contributed by atoms with Crippen LogP contribution in [0.15, 0.2) is 63.8 Å². The average Bonchev–Trinajstić information content (AvgIpc) is 2.81. The molecule has 0 bridgehead atoms. The maximum atomic E-state index is 13.0. The molecule has 0 spiro atoms. The van der Waals surface area contributed by atoms with Gasteiger partial charge in [0.15, 0.2) is 0 Å². The summed E-state index contributed by atoms with van der Waals surface area (Å²) in [5.41, 5.74) is 1.65. The van der Waals surface area contributed by atoms with Crippen molar-refractivity contribution in [3.63, 3.8) is 0 Å². The Hall–Kier alpha value is -3.09. The molecule has 1 saturated heterocycles. The Labute approximate surface area is 203 Å². The van der Waals surface area contributed by atoms with Gasteiger partial charge in [0.1, 0.15) is 17.9 Å². The molecule has 4 rings (SSSR count). The monoisotopic (exact) mass is 481 g/mol. The van der Waals surface area contributed by atoms with Crippen LogP contribution in [0.3, 0.4) is 0 Å². The van der Waals surface area contributed by atoms with Crippen molar-refractivity contribution in [3.05, 3.63) is 86.7 Å². The molecule has 0 saturated carbocycles. The van der Waals surface area contributed by atoms with Gasteiger partial charge in [-0.05, 0) is 67.7 Å². The second-order valence-corrected chi connectivity index (χ2v) is 9.43. The van der Waals surface area contributed by atoms with Gasteiger partial charge < -0.3 is 19.2 Å². The fraction of sp³-hybridized carbons (Fsp3) is 0.333. The van der Waals surface area contributed by atoms with E-state index in [1.165, 1.54) is 0 Å². The van der Waals surface area contributed by atoms with Gasteiger partial charge in [-0.25, -0.2) is 4.79 Å². The average molecular weight is 482 g/mol. The normalized spacial score (nSPS) is 15.4. The lowest BCUT2D eigenvalue weighted by Crippen LogP contribution is -2.46. The smallest absolute Gasteiger partial charge is 0.340 e. The Morgan fingerprint density at radius 1 is 1.21 bits per heavy atom. The van der Waals surface area contributed by atoms with Gasteiger partial charge >= 0.3 is 5.63 Å². The predicted molar refractivity (Wildman–Crippen MR) is 132 cm³/mol. The molecule has 1 aliphatic rings. The molecular formula is C27H28ClNO5. The molecular weight excluding hydrogens is 454 g/mol. The molecule has 0 aliphatic carbocycles. The number of piperidine rings is 1. The summed E-state index contributed by atoms with van der Waals surface area (Å²) in [5, 5.41) is 12.4. The van der Waals surface area contributed by atoms with Gasteiger partial charge in [-0.2, -0.15) is 0 Å². The van der Waals surface area contributed by atoms with Crippen LogP contribution < -0.4 is 10.4 Å². The minimum atomic E-state index is -0.997. The Balaban J connectivity index is 1.47. The molecule has 1 aromatic heterocycles. The quantitative estimate of drug-likeness (QED) is 0.405. The molecule has 0 radical (unpaired) electrons. The zero-order valence-electron chi connectivity index (χ0n) is 19.4. The number of carbonyl (C=O) groups is 1. The summed E-state index contributed by atoms with van der Waals surface area (Å²) in [6, 6.07) is 12.5. The van der Waals surface area contributed by atoms with E-state index in [0.717, 1.165) is 22.1 Å². The van der Waals surface area contributed by atoms with E-state index in [0.29, 0.717) is 54.5 Å². The number of benzene rings is 2. The first kappa shape index (κ1) is 24.0. The summed E-state index contributed by atoms with van der Waals surface area (Å²) in [5.74, 6) is 0.428. The van der Waals surface area contributed by atoms with Gasteiger partial charge in [-0.15, -0.1) is 0 Å². The molecule has 7 heteroatoms. The Kier molecular flexibility index (Phi) is 6.82. The third kappa shape index (κ3) is 5.03. The minimum absolute atomic E-state index is 0.0443. The summed E-state index contributed by atoms with van der Waals surface area (Å²) in [6.45, 7) is 8.69. The van der Waals surface area contributed by atoms with E-state index in [1.807, 2.05) is 38.1 Å². The number of halogens is 1. The number of fused-ring (bicyclic) bond motifs is 1. The van der Waals surface area contributed by atoms with Crippen molar-refractivity contribution in [2.75, 3.05) is 19.7 Å². The molecule has 1 fully saturated rings. The fourth-order valence-corrected chi connectivity index (χ4v) is 4.44. The number of carbonyl (C=O) groups excluding carboxylic acids is 1. The predicted octanol–water partition coefficient (Wildman–Crippen LogP) is 4.76. The van der Waals surface area contributed by atoms with E-state index in [9.17, 15) is 14.7 Å². The molecule has 2 aromatic carbocycles. The van der Waals surface area contributed by atoms with Gasteiger partial charge in [0.25, 0.3) is 0 Å². The van der Waals surface area contributed by atoms with Gasteiger partial charge in [0.2, 0.25) is 5.91 Å². The van der Waals surface area contributed by atoms with Crippen LogP contribution >= 0.6 is 11.6 Å². The van der Waals surface area contributed by atoms with E-state index < -0.39 is 11.2 Å². The van der Waals surface area contributed by atoms with Crippen LogP contribution in [0.1, 0.15) is 36.5 Å². The molecule has 0 unspecified atom stereocenters. The van der Waals surface area contributed by atoms with Gasteiger partial charge in [-0.1, -0.05) is 30.3 Å². The number of amides is 1. The van der Waals surface area contributed by atoms with Crippen molar-refractivity contribution < 1.29 is 19.1 Å². The SMILES string of the molecule is C=C(C)COc1ccc2c(C)c(CC(=O)N3CCC(O)(c4ccc(Cl)cc4)CC3)c(=O)oc2c1. The molecule has 0 atom stereocenters. The number of aryl methyl sites for hydroxylation is 1. The summed E-state index contributed by atoms with van der Waals surface area (Å²) >= 11 is 5.96. The maximum absolute atomic E-state index is 13.0. The lowest BCUT2D eigenvalue weighted by Gasteiger charge is -2.38. The zero-order valence-corrected chi connectivity index (χ0v) is 20.2. The van der Waals surface area contributed by atoms with Crippen molar-refractivity contribution >= 4 is 28.5 Å². The minimum Gasteiger partial charge on any atom is -0.489 e. The highest BCUT2D eigenvalue weighted by molar-refractivity contribution is 6.30. The summed E-state index contributed by atoms with van der Waals surface area (Å²) < 4.78 is 11.2. The van der Waals surface area contributed by atoms with E-state index >= 15 is 0 Å². The number of rotatable bonds is 6. The number of nitrogens with zero attached hydrogens (tertiary/aromatic N) is 1. The van der Waals surface area contributed by atoms with Crippen LogP contribution in [0.25, 0.3) is 11.0 Å².